The second-order valence-corrected chi connectivity index (χ2v) is 6.86. The van der Waals surface area contributed by atoms with E-state index in [1.165, 1.54) is 0 Å². The lowest BCUT2D eigenvalue weighted by Crippen LogP contribution is -2.13. The molecule has 0 atom stereocenters. The first kappa shape index (κ1) is 19.6. The highest BCUT2D eigenvalue weighted by atomic mass is 35.5. The largest absolute Gasteiger partial charge is 0.496 e. The molecule has 2 aromatic rings. The van der Waals surface area contributed by atoms with E-state index >= 15 is 0 Å². The number of hydrogen-bond acceptors (Lipinski definition) is 3. The van der Waals surface area contributed by atoms with Gasteiger partial charge in [-0.1, -0.05) is 37.0 Å². The summed E-state index contributed by atoms with van der Waals surface area (Å²) < 4.78 is 11.0. The monoisotopic (exact) mass is 381 g/mol. The van der Waals surface area contributed by atoms with E-state index in [2.05, 4.69) is 19.2 Å². The third-order valence-electron chi connectivity index (χ3n) is 3.43. The maximum absolute atomic E-state index is 12.5. The predicted octanol–water partition coefficient (Wildman–Crippen LogP) is 5.43. The lowest BCUT2D eigenvalue weighted by Gasteiger charge is -2.13. The zero-order chi connectivity index (χ0) is 18.4. The van der Waals surface area contributed by atoms with E-state index in [-0.39, 0.29) is 5.91 Å². The van der Waals surface area contributed by atoms with Crippen LogP contribution in [0, 0.1) is 5.92 Å². The van der Waals surface area contributed by atoms with Crippen molar-refractivity contribution in [2.45, 2.75) is 20.5 Å². The Morgan fingerprint density at radius 1 is 1.16 bits per heavy atom. The molecule has 0 saturated heterocycles. The number of ether oxygens (including phenoxy) is 2. The third kappa shape index (κ3) is 5.63. The van der Waals surface area contributed by atoms with Gasteiger partial charge in [-0.05, 0) is 42.3 Å². The number of amides is 1. The van der Waals surface area contributed by atoms with Gasteiger partial charge in [0.1, 0.15) is 5.75 Å². The molecule has 1 N–H and O–H groups in total. The molecule has 4 nitrogen and oxygen atoms in total. The molecule has 0 bridgehead atoms. The number of rotatable bonds is 7. The van der Waals surface area contributed by atoms with Crippen LogP contribution in [-0.4, -0.2) is 19.6 Å². The van der Waals surface area contributed by atoms with E-state index in [0.717, 1.165) is 5.56 Å². The molecule has 0 aromatic heterocycles. The molecular formula is C19H21Cl2NO3. The summed E-state index contributed by atoms with van der Waals surface area (Å²) in [5.41, 5.74) is 1.76. The molecule has 0 aliphatic rings. The highest BCUT2D eigenvalue weighted by molar-refractivity contribution is 6.35. The first-order chi connectivity index (χ1) is 11.9. The van der Waals surface area contributed by atoms with Gasteiger partial charge >= 0.3 is 0 Å². The number of nitrogens with one attached hydrogen (secondary N) is 1. The van der Waals surface area contributed by atoms with Crippen LogP contribution in [0.25, 0.3) is 0 Å². The molecule has 6 heteroatoms. The van der Waals surface area contributed by atoms with Gasteiger partial charge in [-0.15, -0.1) is 0 Å². The van der Waals surface area contributed by atoms with Crippen molar-refractivity contribution in [3.63, 3.8) is 0 Å². The number of carbonyl (C=O) groups is 1. The van der Waals surface area contributed by atoms with E-state index in [1.54, 1.807) is 43.5 Å². The average molecular weight is 382 g/mol. The van der Waals surface area contributed by atoms with Crippen LogP contribution >= 0.6 is 23.2 Å². The molecule has 2 rings (SSSR count). The third-order valence-corrected chi connectivity index (χ3v) is 3.99. The van der Waals surface area contributed by atoms with Crippen molar-refractivity contribution < 1.29 is 14.3 Å². The van der Waals surface area contributed by atoms with Gasteiger partial charge in [-0.25, -0.2) is 0 Å². The molecule has 0 radical (unpaired) electrons. The highest BCUT2D eigenvalue weighted by Crippen LogP contribution is 2.27. The van der Waals surface area contributed by atoms with Gasteiger partial charge < -0.3 is 14.8 Å². The number of hydrogen-bond donors (Lipinski definition) is 1. The molecule has 0 aliphatic carbocycles. The molecule has 0 unspecified atom stereocenters. The summed E-state index contributed by atoms with van der Waals surface area (Å²) in [5, 5.41) is 3.69. The van der Waals surface area contributed by atoms with Crippen LogP contribution in [0.5, 0.6) is 5.75 Å². The number of anilines is 1. The van der Waals surface area contributed by atoms with Gasteiger partial charge in [0, 0.05) is 22.8 Å². The topological polar surface area (TPSA) is 47.6 Å². The molecule has 2 aromatic carbocycles. The quantitative estimate of drug-likeness (QED) is 0.695. The Morgan fingerprint density at radius 2 is 1.92 bits per heavy atom. The smallest absolute Gasteiger partial charge is 0.255 e. The van der Waals surface area contributed by atoms with Crippen molar-refractivity contribution in [3.8, 4) is 5.75 Å². The molecule has 0 heterocycles. The van der Waals surface area contributed by atoms with Crippen LogP contribution < -0.4 is 10.1 Å². The molecule has 0 saturated carbocycles. The maximum Gasteiger partial charge on any atom is 0.255 e. The summed E-state index contributed by atoms with van der Waals surface area (Å²) in [6.45, 7) is 5.17. The Hall–Kier alpha value is -1.75. The SMILES string of the molecule is COc1ccc(C(=O)Nc2cc(Cl)ccc2Cl)cc1COCC(C)C. The van der Waals surface area contributed by atoms with Gasteiger partial charge in [0.2, 0.25) is 0 Å². The molecule has 0 aliphatic heterocycles. The van der Waals surface area contributed by atoms with E-state index < -0.39 is 0 Å². The Labute approximate surface area is 158 Å². The standard InChI is InChI=1S/C19H21Cl2NO3/c1-12(2)10-25-11-14-8-13(4-7-18(14)24-3)19(23)22-17-9-15(20)5-6-16(17)21/h4-9,12H,10-11H2,1-3H3,(H,22,23). The lowest BCUT2D eigenvalue weighted by atomic mass is 10.1. The summed E-state index contributed by atoms with van der Waals surface area (Å²) in [6, 6.07) is 10.1. The van der Waals surface area contributed by atoms with Crippen molar-refractivity contribution >= 4 is 34.8 Å². The summed E-state index contributed by atoms with van der Waals surface area (Å²) in [6.07, 6.45) is 0. The van der Waals surface area contributed by atoms with Gasteiger partial charge in [0.15, 0.2) is 0 Å². The first-order valence-electron chi connectivity index (χ1n) is 7.91. The minimum Gasteiger partial charge on any atom is -0.496 e. The predicted molar refractivity (Wildman–Crippen MR) is 102 cm³/mol. The summed E-state index contributed by atoms with van der Waals surface area (Å²) in [4.78, 5) is 12.5. The fourth-order valence-corrected chi connectivity index (χ4v) is 2.56. The van der Waals surface area contributed by atoms with Crippen LogP contribution in [0.4, 0.5) is 5.69 Å². The first-order valence-corrected chi connectivity index (χ1v) is 8.67. The Balaban J connectivity index is 2.17. The molecule has 0 fully saturated rings. The fourth-order valence-electron chi connectivity index (χ4n) is 2.22. The van der Waals surface area contributed by atoms with Crippen molar-refractivity contribution in [2.75, 3.05) is 19.0 Å². The second kappa shape index (κ2) is 9.09. The molecule has 1 amide bonds. The minimum atomic E-state index is -0.281. The zero-order valence-electron chi connectivity index (χ0n) is 14.4. The number of methoxy groups -OCH3 is 1. The number of halogens is 2. The zero-order valence-corrected chi connectivity index (χ0v) is 15.9. The van der Waals surface area contributed by atoms with Gasteiger partial charge in [-0.3, -0.25) is 4.79 Å². The molecular weight excluding hydrogens is 361 g/mol. The van der Waals surface area contributed by atoms with E-state index in [0.29, 0.717) is 46.2 Å². The van der Waals surface area contributed by atoms with Crippen LogP contribution in [0.3, 0.4) is 0 Å². The van der Waals surface area contributed by atoms with Crippen LogP contribution in [0.15, 0.2) is 36.4 Å². The normalized spacial score (nSPS) is 10.8. The van der Waals surface area contributed by atoms with Crippen molar-refractivity contribution in [1.29, 1.82) is 0 Å². The number of benzene rings is 2. The molecule has 25 heavy (non-hydrogen) atoms. The van der Waals surface area contributed by atoms with Gasteiger partial charge in [0.25, 0.3) is 5.91 Å². The van der Waals surface area contributed by atoms with Crippen LogP contribution in [0.1, 0.15) is 29.8 Å². The fraction of sp³-hybridized carbons (Fsp3) is 0.316. The summed E-state index contributed by atoms with van der Waals surface area (Å²) in [7, 11) is 1.59. The average Bonchev–Trinajstić information content (AvgIpc) is 2.57. The van der Waals surface area contributed by atoms with E-state index in [9.17, 15) is 4.79 Å². The lowest BCUT2D eigenvalue weighted by molar-refractivity contribution is 0.0952. The van der Waals surface area contributed by atoms with E-state index in [4.69, 9.17) is 32.7 Å². The molecule has 134 valence electrons. The van der Waals surface area contributed by atoms with E-state index in [1.807, 2.05) is 0 Å². The van der Waals surface area contributed by atoms with Crippen molar-refractivity contribution in [3.05, 3.63) is 57.6 Å². The van der Waals surface area contributed by atoms with Crippen LogP contribution in [-0.2, 0) is 11.3 Å². The second-order valence-electron chi connectivity index (χ2n) is 6.01. The Bertz CT molecular complexity index is 747. The molecule has 0 spiro atoms. The maximum atomic E-state index is 12.5. The van der Waals surface area contributed by atoms with Crippen molar-refractivity contribution in [1.82, 2.24) is 0 Å². The summed E-state index contributed by atoms with van der Waals surface area (Å²) in [5.74, 6) is 0.834. The minimum absolute atomic E-state index is 0.281. The van der Waals surface area contributed by atoms with Crippen molar-refractivity contribution in [2.24, 2.45) is 5.92 Å². The van der Waals surface area contributed by atoms with Crippen LogP contribution in [0.2, 0.25) is 10.0 Å². The Morgan fingerprint density at radius 3 is 2.60 bits per heavy atom. The highest BCUT2D eigenvalue weighted by Gasteiger charge is 2.13. The van der Waals surface area contributed by atoms with Gasteiger partial charge in [-0.2, -0.15) is 0 Å². The Kier molecular flexibility index (Phi) is 7.12. The summed E-state index contributed by atoms with van der Waals surface area (Å²) >= 11 is 12.0. The van der Waals surface area contributed by atoms with Gasteiger partial charge in [0.05, 0.1) is 24.4 Å². The number of carbonyl (C=O) groups excluding carboxylic acids is 1.